The largest absolute Gasteiger partial charge is 0.495 e. The number of rotatable bonds is 8. The number of sulfone groups is 1. The fourth-order valence-electron chi connectivity index (χ4n) is 3.07. The second-order valence-corrected chi connectivity index (χ2v) is 14.4. The first-order valence-corrected chi connectivity index (χ1v) is 15.0. The number of methoxy groups -OCH3 is 1. The number of hydrogen-bond acceptors (Lipinski definition) is 9. The van der Waals surface area contributed by atoms with E-state index in [0.717, 1.165) is 0 Å². The Hall–Kier alpha value is -3.12. The van der Waals surface area contributed by atoms with Crippen molar-refractivity contribution in [2.75, 3.05) is 31.1 Å². The molecular formula is C23H25ClN5O4PS. The van der Waals surface area contributed by atoms with Gasteiger partial charge in [0, 0.05) is 5.30 Å². The topological polar surface area (TPSA) is 134 Å². The minimum Gasteiger partial charge on any atom is -0.495 e. The fraction of sp³-hybridized carbons (Fsp3) is 0.261. The highest BCUT2D eigenvalue weighted by atomic mass is 35.5. The number of hydrogen-bond donors (Lipinski definition) is 2. The summed E-state index contributed by atoms with van der Waals surface area (Å²) in [4.78, 5) is 8.54. The van der Waals surface area contributed by atoms with Crippen LogP contribution in [0.4, 0.5) is 23.1 Å². The molecule has 0 atom stereocenters. The van der Waals surface area contributed by atoms with Gasteiger partial charge < -0.3 is 19.9 Å². The van der Waals surface area contributed by atoms with Crippen LogP contribution in [0.2, 0.25) is 5.02 Å². The molecule has 2 aromatic carbocycles. The Morgan fingerprint density at radius 1 is 1.11 bits per heavy atom. The van der Waals surface area contributed by atoms with Gasteiger partial charge in [0.25, 0.3) is 0 Å². The molecule has 9 nitrogen and oxygen atoms in total. The summed E-state index contributed by atoms with van der Waals surface area (Å²) in [6.07, 6.45) is 1.37. The zero-order valence-electron chi connectivity index (χ0n) is 19.8. The lowest BCUT2D eigenvalue weighted by atomic mass is 10.2. The first-order valence-electron chi connectivity index (χ1n) is 10.4. The van der Waals surface area contributed by atoms with Gasteiger partial charge in [0.05, 0.1) is 46.5 Å². The molecule has 0 radical (unpaired) electrons. The maximum atomic E-state index is 12.9. The molecule has 35 heavy (non-hydrogen) atoms. The summed E-state index contributed by atoms with van der Waals surface area (Å²) in [5.74, 6) is 0.786. The molecule has 0 saturated heterocycles. The zero-order chi connectivity index (χ0) is 26.0. The van der Waals surface area contributed by atoms with Crippen molar-refractivity contribution in [2.24, 2.45) is 0 Å². The van der Waals surface area contributed by atoms with Gasteiger partial charge in [0.15, 0.2) is 15.7 Å². The van der Waals surface area contributed by atoms with E-state index in [1.165, 1.54) is 31.5 Å². The van der Waals surface area contributed by atoms with E-state index in [0.29, 0.717) is 16.7 Å². The summed E-state index contributed by atoms with van der Waals surface area (Å²) in [6.45, 7) is 6.47. The summed E-state index contributed by atoms with van der Waals surface area (Å²) in [7, 11) is -4.70. The Morgan fingerprint density at radius 2 is 1.80 bits per heavy atom. The molecule has 2 N–H and O–H groups in total. The summed E-state index contributed by atoms with van der Waals surface area (Å²) >= 11 is 6.29. The first kappa shape index (κ1) is 26.5. The van der Waals surface area contributed by atoms with Crippen molar-refractivity contribution >= 4 is 57.0 Å². The number of halogens is 1. The van der Waals surface area contributed by atoms with Crippen molar-refractivity contribution in [1.82, 2.24) is 9.97 Å². The second kappa shape index (κ2) is 10.2. The lowest BCUT2D eigenvalue weighted by Gasteiger charge is -2.16. The van der Waals surface area contributed by atoms with Crippen molar-refractivity contribution < 1.29 is 17.7 Å². The fourth-order valence-corrected chi connectivity index (χ4v) is 5.29. The number of aromatic nitrogens is 2. The van der Waals surface area contributed by atoms with Crippen LogP contribution in [-0.2, 0) is 14.4 Å². The predicted molar refractivity (Wildman–Crippen MR) is 139 cm³/mol. The Kier molecular flexibility index (Phi) is 7.75. The Morgan fingerprint density at radius 3 is 2.40 bits per heavy atom. The molecule has 184 valence electrons. The molecule has 0 unspecified atom stereocenters. The molecule has 0 saturated carbocycles. The van der Waals surface area contributed by atoms with Gasteiger partial charge in [-0.05, 0) is 63.6 Å². The number of ether oxygens (including phenoxy) is 1. The monoisotopic (exact) mass is 533 g/mol. The number of benzene rings is 2. The van der Waals surface area contributed by atoms with Gasteiger partial charge in [-0.3, -0.25) is 0 Å². The van der Waals surface area contributed by atoms with Crippen molar-refractivity contribution in [2.45, 2.75) is 24.0 Å². The van der Waals surface area contributed by atoms with E-state index < -0.39 is 22.2 Å². The molecule has 0 aliphatic rings. The zero-order valence-corrected chi connectivity index (χ0v) is 22.3. The molecule has 12 heteroatoms. The molecule has 1 aromatic heterocycles. The van der Waals surface area contributed by atoms with Crippen LogP contribution in [0.15, 0.2) is 47.5 Å². The van der Waals surface area contributed by atoms with Crippen LogP contribution in [0.5, 0.6) is 5.75 Å². The number of nitrogens with zero attached hydrogens (tertiary/aromatic N) is 3. The van der Waals surface area contributed by atoms with E-state index in [9.17, 15) is 18.2 Å². The maximum Gasteiger partial charge on any atom is 0.229 e. The molecule has 0 amide bonds. The van der Waals surface area contributed by atoms with Gasteiger partial charge in [-0.2, -0.15) is 10.2 Å². The van der Waals surface area contributed by atoms with Gasteiger partial charge in [-0.1, -0.05) is 11.6 Å². The summed E-state index contributed by atoms with van der Waals surface area (Å²) in [6, 6.07) is 11.4. The van der Waals surface area contributed by atoms with Gasteiger partial charge >= 0.3 is 0 Å². The van der Waals surface area contributed by atoms with Crippen molar-refractivity contribution in [3.63, 3.8) is 0 Å². The Bertz CT molecular complexity index is 1470. The van der Waals surface area contributed by atoms with Crippen LogP contribution in [0.3, 0.4) is 0 Å². The van der Waals surface area contributed by atoms with Crippen LogP contribution < -0.4 is 20.7 Å². The average Bonchev–Trinajstić information content (AvgIpc) is 2.80. The minimum absolute atomic E-state index is 0.0310. The van der Waals surface area contributed by atoms with Gasteiger partial charge in [-0.25, -0.2) is 13.4 Å². The third kappa shape index (κ3) is 5.93. The van der Waals surface area contributed by atoms with Crippen LogP contribution in [0, 0.1) is 11.3 Å². The number of anilines is 4. The van der Waals surface area contributed by atoms with Crippen LogP contribution in [0.25, 0.3) is 0 Å². The van der Waals surface area contributed by atoms with Crippen LogP contribution in [-0.4, -0.2) is 44.1 Å². The highest BCUT2D eigenvalue weighted by Crippen LogP contribution is 2.38. The maximum absolute atomic E-state index is 12.9. The average molecular weight is 534 g/mol. The van der Waals surface area contributed by atoms with Gasteiger partial charge in [0.1, 0.15) is 17.9 Å². The van der Waals surface area contributed by atoms with E-state index in [4.69, 9.17) is 16.3 Å². The van der Waals surface area contributed by atoms with Crippen molar-refractivity contribution in [3.8, 4) is 11.8 Å². The number of nitriles is 1. The highest BCUT2D eigenvalue weighted by molar-refractivity contribution is 7.92. The lowest BCUT2D eigenvalue weighted by molar-refractivity contribution is 0.417. The smallest absolute Gasteiger partial charge is 0.229 e. The normalized spacial score (nSPS) is 11.7. The SMILES string of the molecule is COc1cc(P(C)(C)=O)ccc1Nc1ncc(Cl)c(Nc2ccc(C#N)cc2S(=O)(=O)C(C)C)n1. The molecule has 3 aromatic rings. The van der Waals surface area contributed by atoms with Gasteiger partial charge in [-0.15, -0.1) is 0 Å². The first-order chi connectivity index (χ1) is 16.4. The molecule has 1 heterocycles. The summed E-state index contributed by atoms with van der Waals surface area (Å²) in [5.41, 5.74) is 0.984. The van der Waals surface area contributed by atoms with E-state index in [1.807, 2.05) is 6.07 Å². The molecule has 0 fully saturated rings. The van der Waals surface area contributed by atoms with Crippen LogP contribution in [0.1, 0.15) is 19.4 Å². The quantitative estimate of drug-likeness (QED) is 0.386. The molecular weight excluding hydrogens is 509 g/mol. The standard InChI is InChI=1S/C23H25ClN5O4PS/c1-14(2)35(31,32)21-10-15(12-25)6-8-19(21)27-22-17(24)13-26-23(29-22)28-18-9-7-16(34(4,5)30)11-20(18)33-3/h6-11,13-14H,1-5H3,(H2,26,27,28,29). The Labute approximate surface area is 209 Å². The van der Waals surface area contributed by atoms with E-state index in [1.54, 1.807) is 45.4 Å². The van der Waals surface area contributed by atoms with E-state index in [-0.39, 0.29) is 32.9 Å². The molecule has 0 aliphatic carbocycles. The Balaban J connectivity index is 1.99. The summed E-state index contributed by atoms with van der Waals surface area (Å²) in [5, 5.41) is 15.4. The predicted octanol–water partition coefficient (Wildman–Crippen LogP) is 4.93. The van der Waals surface area contributed by atoms with Crippen molar-refractivity contribution in [1.29, 1.82) is 5.26 Å². The third-order valence-electron chi connectivity index (χ3n) is 5.09. The van der Waals surface area contributed by atoms with Gasteiger partial charge in [0.2, 0.25) is 5.95 Å². The third-order valence-corrected chi connectivity index (χ3v) is 9.08. The lowest BCUT2D eigenvalue weighted by Crippen LogP contribution is -2.16. The molecule has 3 rings (SSSR count). The van der Waals surface area contributed by atoms with E-state index >= 15 is 0 Å². The van der Waals surface area contributed by atoms with E-state index in [2.05, 4.69) is 20.6 Å². The minimum atomic E-state index is -3.71. The number of nitrogens with one attached hydrogen (secondary N) is 2. The van der Waals surface area contributed by atoms with Crippen molar-refractivity contribution in [3.05, 3.63) is 53.2 Å². The van der Waals surface area contributed by atoms with Crippen LogP contribution >= 0.6 is 18.7 Å². The molecule has 0 spiro atoms. The highest BCUT2D eigenvalue weighted by Gasteiger charge is 2.24. The second-order valence-electron chi connectivity index (χ2n) is 8.29. The molecule has 0 aliphatic heterocycles. The molecule has 0 bridgehead atoms. The summed E-state index contributed by atoms with van der Waals surface area (Å²) < 4.78 is 43.7.